The number of amides is 3. The highest BCUT2D eigenvalue weighted by Crippen LogP contribution is 2.31. The molecule has 2 heterocycles. The fourth-order valence-corrected chi connectivity index (χ4v) is 4.83. The highest BCUT2D eigenvalue weighted by molar-refractivity contribution is 7.22. The molecule has 1 aliphatic heterocycles. The van der Waals surface area contributed by atoms with E-state index in [4.69, 9.17) is 0 Å². The summed E-state index contributed by atoms with van der Waals surface area (Å²) in [5, 5.41) is 3.35. The topological polar surface area (TPSA) is 79.4 Å². The van der Waals surface area contributed by atoms with E-state index in [-0.39, 0.29) is 5.91 Å². The summed E-state index contributed by atoms with van der Waals surface area (Å²) in [5.41, 5.74) is 3.51. The van der Waals surface area contributed by atoms with E-state index < -0.39 is 11.8 Å². The lowest BCUT2D eigenvalue weighted by Gasteiger charge is -2.14. The van der Waals surface area contributed by atoms with Gasteiger partial charge in [0.2, 0.25) is 0 Å². The zero-order valence-electron chi connectivity index (χ0n) is 18.2. The van der Waals surface area contributed by atoms with Gasteiger partial charge in [-0.15, -0.1) is 0 Å². The molecule has 1 atom stereocenters. The zero-order chi connectivity index (χ0) is 23.1. The Balaban J connectivity index is 1.39. The number of benzene rings is 3. The third-order valence-corrected chi connectivity index (χ3v) is 6.91. The number of aromatic nitrogens is 1. The van der Waals surface area contributed by atoms with Gasteiger partial charge in [-0.25, -0.2) is 9.88 Å². The van der Waals surface area contributed by atoms with Crippen molar-refractivity contribution in [2.45, 2.75) is 26.2 Å². The predicted molar refractivity (Wildman–Crippen MR) is 130 cm³/mol. The molecule has 0 radical (unpaired) electrons. The van der Waals surface area contributed by atoms with E-state index in [1.165, 1.54) is 16.9 Å². The van der Waals surface area contributed by atoms with Gasteiger partial charge in [-0.3, -0.25) is 19.7 Å². The van der Waals surface area contributed by atoms with Crippen molar-refractivity contribution in [2.75, 3.05) is 10.2 Å². The molecule has 0 aliphatic carbocycles. The smallest absolute Gasteiger partial charge is 0.266 e. The Bertz CT molecular complexity index is 1390. The van der Waals surface area contributed by atoms with E-state index in [2.05, 4.69) is 36.3 Å². The Kier molecular flexibility index (Phi) is 5.26. The van der Waals surface area contributed by atoms with Crippen LogP contribution in [0.15, 0.2) is 66.7 Å². The van der Waals surface area contributed by atoms with Gasteiger partial charge >= 0.3 is 0 Å². The second kappa shape index (κ2) is 8.26. The van der Waals surface area contributed by atoms with Crippen LogP contribution in [0.3, 0.4) is 0 Å². The largest absolute Gasteiger partial charge is 0.298 e. The van der Waals surface area contributed by atoms with E-state index in [0.717, 1.165) is 21.5 Å². The average molecular weight is 456 g/mol. The van der Waals surface area contributed by atoms with Crippen LogP contribution in [-0.4, -0.2) is 22.7 Å². The first-order valence-electron chi connectivity index (χ1n) is 10.8. The molecule has 0 bridgehead atoms. The van der Waals surface area contributed by atoms with Crippen molar-refractivity contribution in [1.29, 1.82) is 0 Å². The van der Waals surface area contributed by atoms with Crippen LogP contribution in [0.1, 0.15) is 62.8 Å². The summed E-state index contributed by atoms with van der Waals surface area (Å²) in [5.74, 6) is -0.679. The fourth-order valence-electron chi connectivity index (χ4n) is 3.92. The molecule has 0 fully saturated rings. The molecular weight excluding hydrogens is 434 g/mol. The van der Waals surface area contributed by atoms with Crippen molar-refractivity contribution in [3.8, 4) is 0 Å². The van der Waals surface area contributed by atoms with Crippen LogP contribution in [0.4, 0.5) is 10.8 Å². The lowest BCUT2D eigenvalue weighted by atomic mass is 9.99. The number of hydrogen-bond acceptors (Lipinski definition) is 5. The van der Waals surface area contributed by atoms with Crippen LogP contribution in [0.5, 0.6) is 0 Å². The standard InChI is InChI=1S/C26H21N3O3S/c1-3-15(2)16-11-12-21-22(14-16)33-26(27-21)28-23(30)17-7-6-8-18(13-17)29-24(31)19-9-4-5-10-20(19)25(29)32/h4-15H,3H2,1-2H3,(H,27,28,30). The van der Waals surface area contributed by atoms with E-state index in [1.807, 2.05) is 6.07 Å². The monoisotopic (exact) mass is 455 g/mol. The number of anilines is 2. The van der Waals surface area contributed by atoms with Gasteiger partial charge in [-0.1, -0.05) is 49.4 Å². The van der Waals surface area contributed by atoms with Crippen molar-refractivity contribution in [1.82, 2.24) is 4.98 Å². The Morgan fingerprint density at radius 2 is 1.73 bits per heavy atom. The maximum absolute atomic E-state index is 12.9. The average Bonchev–Trinajstić information content (AvgIpc) is 3.35. The molecule has 4 aromatic rings. The van der Waals surface area contributed by atoms with Gasteiger partial charge in [0.1, 0.15) is 0 Å². The molecule has 33 heavy (non-hydrogen) atoms. The second-order valence-electron chi connectivity index (χ2n) is 8.05. The first kappa shape index (κ1) is 21.0. The van der Waals surface area contributed by atoms with Crippen LogP contribution in [0, 0.1) is 0 Å². The van der Waals surface area contributed by atoms with Crippen LogP contribution >= 0.6 is 11.3 Å². The summed E-state index contributed by atoms with van der Waals surface area (Å²) in [6.45, 7) is 4.34. The van der Waals surface area contributed by atoms with Gasteiger partial charge in [0.05, 0.1) is 27.0 Å². The van der Waals surface area contributed by atoms with Gasteiger partial charge in [0.15, 0.2) is 5.13 Å². The van der Waals surface area contributed by atoms with Crippen molar-refractivity contribution >= 4 is 50.1 Å². The summed E-state index contributed by atoms with van der Waals surface area (Å²) in [4.78, 5) is 44.1. The highest BCUT2D eigenvalue weighted by atomic mass is 32.1. The van der Waals surface area contributed by atoms with Crippen molar-refractivity contribution in [2.24, 2.45) is 0 Å². The molecule has 7 heteroatoms. The third kappa shape index (κ3) is 3.70. The van der Waals surface area contributed by atoms with Gasteiger partial charge in [-0.05, 0) is 60.4 Å². The van der Waals surface area contributed by atoms with Crippen LogP contribution in [-0.2, 0) is 0 Å². The molecule has 0 saturated heterocycles. The first-order valence-corrected chi connectivity index (χ1v) is 11.6. The number of rotatable bonds is 5. The Morgan fingerprint density at radius 1 is 1.00 bits per heavy atom. The van der Waals surface area contributed by atoms with E-state index in [1.54, 1.807) is 48.5 Å². The molecule has 3 amide bonds. The predicted octanol–water partition coefficient (Wildman–Crippen LogP) is 5.86. The first-order chi connectivity index (χ1) is 16.0. The van der Waals surface area contributed by atoms with Gasteiger partial charge in [0.25, 0.3) is 17.7 Å². The van der Waals surface area contributed by atoms with Gasteiger partial charge in [0, 0.05) is 5.56 Å². The van der Waals surface area contributed by atoms with Crippen molar-refractivity contribution < 1.29 is 14.4 Å². The Labute approximate surface area is 194 Å². The second-order valence-corrected chi connectivity index (χ2v) is 9.08. The number of nitrogens with one attached hydrogen (secondary N) is 1. The van der Waals surface area contributed by atoms with Crippen LogP contribution in [0.25, 0.3) is 10.2 Å². The molecule has 0 saturated carbocycles. The number of carbonyl (C=O) groups excluding carboxylic acids is 3. The normalized spacial score (nSPS) is 13.9. The van der Waals surface area contributed by atoms with Crippen molar-refractivity contribution in [3.63, 3.8) is 0 Å². The summed E-state index contributed by atoms with van der Waals surface area (Å²) < 4.78 is 1.02. The quantitative estimate of drug-likeness (QED) is 0.382. The molecule has 1 N–H and O–H groups in total. The maximum Gasteiger partial charge on any atom is 0.266 e. The molecule has 1 aromatic heterocycles. The lowest BCUT2D eigenvalue weighted by molar-refractivity contribution is 0.0924. The SMILES string of the molecule is CCC(C)c1ccc2nc(NC(=O)c3cccc(N4C(=O)c5ccccc5C4=O)c3)sc2c1. The molecule has 5 rings (SSSR count). The number of carbonyl (C=O) groups is 3. The van der Waals surface area contributed by atoms with Crippen LogP contribution in [0.2, 0.25) is 0 Å². The highest BCUT2D eigenvalue weighted by Gasteiger charge is 2.36. The number of nitrogens with zero attached hydrogens (tertiary/aromatic N) is 2. The minimum atomic E-state index is -0.392. The van der Waals surface area contributed by atoms with E-state index in [0.29, 0.717) is 33.4 Å². The maximum atomic E-state index is 12.9. The third-order valence-electron chi connectivity index (χ3n) is 5.97. The summed E-state index contributed by atoms with van der Waals surface area (Å²) in [6, 6.07) is 19.4. The van der Waals surface area contributed by atoms with E-state index in [9.17, 15) is 14.4 Å². The lowest BCUT2D eigenvalue weighted by Crippen LogP contribution is -2.29. The minimum absolute atomic E-state index is 0.337. The molecule has 164 valence electrons. The van der Waals surface area contributed by atoms with Gasteiger partial charge < -0.3 is 0 Å². The molecule has 6 nitrogen and oxygen atoms in total. The van der Waals surface area contributed by atoms with Crippen LogP contribution < -0.4 is 10.2 Å². The summed E-state index contributed by atoms with van der Waals surface area (Å²) in [7, 11) is 0. The Morgan fingerprint density at radius 3 is 2.42 bits per heavy atom. The summed E-state index contributed by atoms with van der Waals surface area (Å²) in [6.07, 6.45) is 1.05. The number of imide groups is 1. The fraction of sp³-hybridized carbons (Fsp3) is 0.154. The molecule has 3 aromatic carbocycles. The van der Waals surface area contributed by atoms with Crippen molar-refractivity contribution in [3.05, 3.63) is 89.0 Å². The van der Waals surface area contributed by atoms with Gasteiger partial charge in [-0.2, -0.15) is 0 Å². The molecular formula is C26H21N3O3S. The Hall–Kier alpha value is -3.84. The number of fused-ring (bicyclic) bond motifs is 2. The number of thiazole rings is 1. The van der Waals surface area contributed by atoms with E-state index >= 15 is 0 Å². The summed E-state index contributed by atoms with van der Waals surface area (Å²) >= 11 is 1.42. The minimum Gasteiger partial charge on any atom is -0.298 e. The molecule has 0 spiro atoms. The number of hydrogen-bond donors (Lipinski definition) is 1. The zero-order valence-corrected chi connectivity index (χ0v) is 19.0. The molecule has 1 unspecified atom stereocenters. The molecule has 1 aliphatic rings.